The molecule has 1 aliphatic heterocycles. The summed E-state index contributed by atoms with van der Waals surface area (Å²) in [6, 6.07) is 19.7. The fourth-order valence-corrected chi connectivity index (χ4v) is 4.74. The molecule has 3 heterocycles. The van der Waals surface area contributed by atoms with Crippen molar-refractivity contribution >= 4 is 28.1 Å². The van der Waals surface area contributed by atoms with E-state index in [0.717, 1.165) is 45.9 Å². The molecular formula is C24H25N5O2S. The molecule has 0 radical (unpaired) electrons. The highest BCUT2D eigenvalue weighted by molar-refractivity contribution is 7.84. The van der Waals surface area contributed by atoms with E-state index < -0.39 is 10.8 Å². The van der Waals surface area contributed by atoms with E-state index in [9.17, 15) is 9.32 Å². The van der Waals surface area contributed by atoms with Crippen LogP contribution in [0.4, 0.5) is 11.6 Å². The van der Waals surface area contributed by atoms with E-state index in [1.165, 1.54) is 0 Å². The van der Waals surface area contributed by atoms with Crippen LogP contribution in [-0.4, -0.2) is 49.4 Å². The number of piperidine rings is 1. The topological polar surface area (TPSA) is 91.6 Å². The Labute approximate surface area is 189 Å². The van der Waals surface area contributed by atoms with Crippen molar-refractivity contribution in [3.8, 4) is 11.1 Å². The normalized spacial score (nSPS) is 19.7. The molecule has 2 aromatic heterocycles. The summed E-state index contributed by atoms with van der Waals surface area (Å²) in [5, 5.41) is 21.5. The minimum atomic E-state index is -1.01. The molecule has 3 N–H and O–H groups in total. The molecule has 0 bridgehead atoms. The van der Waals surface area contributed by atoms with E-state index in [1.54, 1.807) is 10.8 Å². The van der Waals surface area contributed by atoms with Crippen molar-refractivity contribution in [2.75, 3.05) is 24.7 Å². The van der Waals surface area contributed by atoms with Gasteiger partial charge in [-0.25, -0.2) is 4.52 Å². The third kappa shape index (κ3) is 4.17. The Balaban J connectivity index is 1.43. The molecule has 0 spiro atoms. The first-order chi connectivity index (χ1) is 15.6. The smallest absolute Gasteiger partial charge is 0.247 e. The van der Waals surface area contributed by atoms with Crippen molar-refractivity contribution in [2.45, 2.75) is 23.3 Å². The summed E-state index contributed by atoms with van der Waals surface area (Å²) in [4.78, 5) is 5.52. The van der Waals surface area contributed by atoms with Gasteiger partial charge in [0.25, 0.3) is 0 Å². The second-order valence-corrected chi connectivity index (χ2v) is 9.40. The average molecular weight is 448 g/mol. The summed E-state index contributed by atoms with van der Waals surface area (Å²) >= 11 is 0. The second-order valence-electron chi connectivity index (χ2n) is 8.02. The van der Waals surface area contributed by atoms with Crippen molar-refractivity contribution in [1.82, 2.24) is 19.9 Å². The zero-order valence-electron chi connectivity index (χ0n) is 17.7. The van der Waals surface area contributed by atoms with Crippen LogP contribution in [0.1, 0.15) is 17.9 Å². The standard InChI is InChI=1S/C24H25N5O2S/c1-32(31)19-9-7-16(8-10-19)21-6-3-13-29-23(21)27-24(28-29)26-18-5-2-4-17(14-18)20-11-12-25-15-22(20)30/h2-10,13-14,20,22,25,30H,11-12,15H2,1H3,(H,26,28). The number of aliphatic hydroxyl groups is 1. The Kier molecular flexibility index (Phi) is 5.73. The average Bonchev–Trinajstić information content (AvgIpc) is 3.22. The van der Waals surface area contributed by atoms with Gasteiger partial charge in [-0.1, -0.05) is 24.3 Å². The summed E-state index contributed by atoms with van der Waals surface area (Å²) in [6.45, 7) is 1.53. The number of anilines is 2. The molecule has 1 fully saturated rings. The van der Waals surface area contributed by atoms with Crippen LogP contribution in [0.5, 0.6) is 0 Å². The molecule has 0 amide bonds. The maximum Gasteiger partial charge on any atom is 0.247 e. The molecule has 4 aromatic rings. The zero-order valence-corrected chi connectivity index (χ0v) is 18.5. The number of benzene rings is 2. The second kappa shape index (κ2) is 8.82. The first-order valence-corrected chi connectivity index (χ1v) is 12.2. The van der Waals surface area contributed by atoms with E-state index in [1.807, 2.05) is 54.7 Å². The van der Waals surface area contributed by atoms with Gasteiger partial charge < -0.3 is 15.7 Å². The molecule has 3 atom stereocenters. The van der Waals surface area contributed by atoms with Gasteiger partial charge in [0.1, 0.15) is 0 Å². The number of fused-ring (bicyclic) bond motifs is 1. The van der Waals surface area contributed by atoms with Crippen LogP contribution in [0, 0.1) is 0 Å². The predicted octanol–water partition coefficient (Wildman–Crippen LogP) is 3.32. The third-order valence-electron chi connectivity index (χ3n) is 5.88. The third-order valence-corrected chi connectivity index (χ3v) is 6.82. The van der Waals surface area contributed by atoms with E-state index in [2.05, 4.69) is 27.9 Å². The highest BCUT2D eigenvalue weighted by Crippen LogP contribution is 2.29. The number of pyridine rings is 1. The molecule has 164 valence electrons. The predicted molar refractivity (Wildman–Crippen MR) is 127 cm³/mol. The molecule has 1 aliphatic rings. The fraction of sp³-hybridized carbons (Fsp3) is 0.250. The molecule has 3 unspecified atom stereocenters. The van der Waals surface area contributed by atoms with Gasteiger partial charge in [-0.15, -0.1) is 5.10 Å². The highest BCUT2D eigenvalue weighted by Gasteiger charge is 2.24. The summed E-state index contributed by atoms with van der Waals surface area (Å²) in [6.07, 6.45) is 4.07. The Morgan fingerprint density at radius 3 is 2.78 bits per heavy atom. The molecule has 1 saturated heterocycles. The fourth-order valence-electron chi connectivity index (χ4n) is 4.22. The number of aromatic nitrogens is 3. The molecule has 8 heteroatoms. The van der Waals surface area contributed by atoms with Crippen LogP contribution in [0.25, 0.3) is 16.8 Å². The maximum atomic E-state index is 11.7. The summed E-state index contributed by atoms with van der Waals surface area (Å²) in [5.74, 6) is 0.630. The lowest BCUT2D eigenvalue weighted by molar-refractivity contribution is 0.118. The number of hydrogen-bond donors (Lipinski definition) is 3. The Hall–Kier alpha value is -3.07. The van der Waals surface area contributed by atoms with Gasteiger partial charge in [-0.05, 0) is 60.5 Å². The van der Waals surface area contributed by atoms with Crippen LogP contribution >= 0.6 is 0 Å². The van der Waals surface area contributed by atoms with Gasteiger partial charge in [0.15, 0.2) is 5.65 Å². The molecule has 2 aromatic carbocycles. The maximum absolute atomic E-state index is 11.7. The zero-order chi connectivity index (χ0) is 22.1. The first kappa shape index (κ1) is 20.8. The molecule has 7 nitrogen and oxygen atoms in total. The van der Waals surface area contributed by atoms with Gasteiger partial charge in [-0.2, -0.15) is 4.98 Å². The minimum Gasteiger partial charge on any atom is -0.391 e. The monoisotopic (exact) mass is 447 g/mol. The van der Waals surface area contributed by atoms with Crippen LogP contribution in [0.2, 0.25) is 0 Å². The van der Waals surface area contributed by atoms with E-state index in [4.69, 9.17) is 4.98 Å². The number of rotatable bonds is 5. The van der Waals surface area contributed by atoms with Gasteiger partial charge in [0.05, 0.1) is 6.10 Å². The molecule has 0 saturated carbocycles. The Morgan fingerprint density at radius 2 is 2.00 bits per heavy atom. The molecule has 32 heavy (non-hydrogen) atoms. The number of aliphatic hydroxyl groups excluding tert-OH is 1. The summed E-state index contributed by atoms with van der Waals surface area (Å²) in [7, 11) is -1.01. The van der Waals surface area contributed by atoms with E-state index >= 15 is 0 Å². The van der Waals surface area contributed by atoms with Crippen LogP contribution in [0.3, 0.4) is 0 Å². The lowest BCUT2D eigenvalue weighted by atomic mass is 9.88. The number of hydrogen-bond acceptors (Lipinski definition) is 6. The SMILES string of the molecule is CS(=O)c1ccc(-c2cccn3nc(Nc4cccc(C5CCNCC5O)c4)nc23)cc1. The molecule has 5 rings (SSSR count). The number of nitrogens with one attached hydrogen (secondary N) is 2. The summed E-state index contributed by atoms with van der Waals surface area (Å²) in [5.41, 5.74) is 4.69. The van der Waals surface area contributed by atoms with E-state index in [0.29, 0.717) is 12.5 Å². The minimum absolute atomic E-state index is 0.124. The Morgan fingerprint density at radius 1 is 1.16 bits per heavy atom. The quantitative estimate of drug-likeness (QED) is 0.435. The highest BCUT2D eigenvalue weighted by atomic mass is 32.2. The van der Waals surface area contributed by atoms with Gasteiger partial charge in [-0.3, -0.25) is 4.21 Å². The lowest BCUT2D eigenvalue weighted by Crippen LogP contribution is -2.39. The van der Waals surface area contributed by atoms with Crippen molar-refractivity contribution in [3.63, 3.8) is 0 Å². The summed E-state index contributed by atoms with van der Waals surface area (Å²) < 4.78 is 13.4. The van der Waals surface area contributed by atoms with Crippen molar-refractivity contribution in [2.24, 2.45) is 0 Å². The van der Waals surface area contributed by atoms with Gasteiger partial charge in [0, 0.05) is 51.9 Å². The van der Waals surface area contributed by atoms with E-state index in [-0.39, 0.29) is 12.0 Å². The largest absolute Gasteiger partial charge is 0.391 e. The van der Waals surface area contributed by atoms with Crippen molar-refractivity contribution in [1.29, 1.82) is 0 Å². The first-order valence-electron chi connectivity index (χ1n) is 10.6. The number of β-amino-alcohol motifs (C(OH)–C–C–N with tert-alkyl or cyclic N) is 1. The van der Waals surface area contributed by atoms with Crippen LogP contribution < -0.4 is 10.6 Å². The molecular weight excluding hydrogens is 422 g/mol. The van der Waals surface area contributed by atoms with Crippen LogP contribution in [-0.2, 0) is 10.8 Å². The lowest BCUT2D eigenvalue weighted by Gasteiger charge is -2.28. The number of nitrogens with zero attached hydrogens (tertiary/aromatic N) is 3. The molecule has 0 aliphatic carbocycles. The Bertz CT molecular complexity index is 1270. The van der Waals surface area contributed by atoms with Crippen LogP contribution in [0.15, 0.2) is 71.8 Å². The van der Waals surface area contributed by atoms with Crippen molar-refractivity contribution < 1.29 is 9.32 Å². The van der Waals surface area contributed by atoms with Crippen molar-refractivity contribution in [3.05, 3.63) is 72.4 Å². The van der Waals surface area contributed by atoms with Gasteiger partial charge >= 0.3 is 0 Å². The van der Waals surface area contributed by atoms with Gasteiger partial charge in [0.2, 0.25) is 5.95 Å².